The Morgan fingerprint density at radius 1 is 1.47 bits per heavy atom. The molecule has 4 nitrogen and oxygen atoms in total. The number of nitrogens with zero attached hydrogens (tertiary/aromatic N) is 2. The molecule has 0 unspecified atom stereocenters. The Morgan fingerprint density at radius 3 is 2.95 bits per heavy atom. The van der Waals surface area contributed by atoms with Gasteiger partial charge in [0.05, 0.1) is 5.02 Å². The number of amides is 1. The van der Waals surface area contributed by atoms with Crippen LogP contribution in [0.3, 0.4) is 0 Å². The molecule has 1 aliphatic rings. The molecule has 1 amide bonds. The molecular formula is C13H18ClN3OS. The molecule has 19 heavy (non-hydrogen) atoms. The van der Waals surface area contributed by atoms with Gasteiger partial charge in [0.1, 0.15) is 11.5 Å². The zero-order valence-electron chi connectivity index (χ0n) is 11.1. The number of carbonyl (C=O) groups is 1. The van der Waals surface area contributed by atoms with Crippen molar-refractivity contribution in [3.05, 3.63) is 22.8 Å². The fourth-order valence-corrected chi connectivity index (χ4v) is 3.27. The Labute approximate surface area is 122 Å². The lowest BCUT2D eigenvalue weighted by Gasteiger charge is -2.22. The molecule has 1 saturated heterocycles. The number of carbonyl (C=O) groups excluding carboxylic acids is 1. The lowest BCUT2D eigenvalue weighted by molar-refractivity contribution is 0.0759. The predicted molar refractivity (Wildman–Crippen MR) is 80.7 cm³/mol. The van der Waals surface area contributed by atoms with Crippen molar-refractivity contribution >= 4 is 35.1 Å². The summed E-state index contributed by atoms with van der Waals surface area (Å²) in [6.07, 6.45) is 0.962. The summed E-state index contributed by atoms with van der Waals surface area (Å²) >= 11 is 7.93. The van der Waals surface area contributed by atoms with Gasteiger partial charge >= 0.3 is 0 Å². The first-order valence-electron chi connectivity index (χ1n) is 6.24. The smallest absolute Gasteiger partial charge is 0.274 e. The zero-order valence-corrected chi connectivity index (χ0v) is 12.7. The third-order valence-corrected chi connectivity index (χ3v) is 4.87. The van der Waals surface area contributed by atoms with Crippen molar-refractivity contribution in [3.8, 4) is 0 Å². The van der Waals surface area contributed by atoms with Gasteiger partial charge < -0.3 is 10.6 Å². The van der Waals surface area contributed by atoms with E-state index in [9.17, 15) is 4.79 Å². The van der Waals surface area contributed by atoms with Crippen LogP contribution >= 0.6 is 23.4 Å². The average Bonchev–Trinajstić information content (AvgIpc) is 2.52. The minimum absolute atomic E-state index is 0.129. The molecule has 2 heterocycles. The fourth-order valence-electron chi connectivity index (χ4n) is 1.98. The number of nitrogen functional groups attached to an aromatic ring is 1. The number of nitrogens with two attached hydrogens (primary N) is 1. The van der Waals surface area contributed by atoms with E-state index in [2.05, 4.69) is 18.8 Å². The summed E-state index contributed by atoms with van der Waals surface area (Å²) in [5.74, 6) is 1.12. The number of thioether (sulfide) groups is 1. The van der Waals surface area contributed by atoms with E-state index < -0.39 is 0 Å². The number of halogens is 1. The van der Waals surface area contributed by atoms with Crippen LogP contribution in [-0.2, 0) is 0 Å². The van der Waals surface area contributed by atoms with Gasteiger partial charge in [-0.25, -0.2) is 4.98 Å². The zero-order chi connectivity index (χ0) is 14.0. The molecule has 0 aromatic carbocycles. The van der Waals surface area contributed by atoms with E-state index >= 15 is 0 Å². The molecule has 0 saturated carbocycles. The molecule has 1 aromatic rings. The highest BCUT2D eigenvalue weighted by Crippen LogP contribution is 2.31. The second-order valence-electron chi connectivity index (χ2n) is 5.22. The quantitative estimate of drug-likeness (QED) is 0.866. The van der Waals surface area contributed by atoms with Crippen molar-refractivity contribution in [2.24, 2.45) is 0 Å². The summed E-state index contributed by atoms with van der Waals surface area (Å²) in [4.78, 5) is 18.3. The van der Waals surface area contributed by atoms with Crippen LogP contribution in [0.2, 0.25) is 5.02 Å². The van der Waals surface area contributed by atoms with E-state index in [1.165, 1.54) is 0 Å². The normalized spacial score (nSPS) is 19.0. The second kappa shape index (κ2) is 5.59. The fraction of sp³-hybridized carbons (Fsp3) is 0.538. The molecule has 2 N–H and O–H groups in total. The highest BCUT2D eigenvalue weighted by atomic mass is 35.5. The van der Waals surface area contributed by atoms with Crippen LogP contribution < -0.4 is 5.73 Å². The van der Waals surface area contributed by atoms with Crippen LogP contribution in [0.1, 0.15) is 30.8 Å². The van der Waals surface area contributed by atoms with Gasteiger partial charge in [0.15, 0.2) is 0 Å². The van der Waals surface area contributed by atoms with Gasteiger partial charge in [0.2, 0.25) is 0 Å². The van der Waals surface area contributed by atoms with Crippen molar-refractivity contribution in [2.75, 3.05) is 24.6 Å². The third-order valence-electron chi connectivity index (χ3n) is 3.20. The number of anilines is 1. The molecule has 0 spiro atoms. The maximum Gasteiger partial charge on any atom is 0.274 e. The highest BCUT2D eigenvalue weighted by molar-refractivity contribution is 8.00. The van der Waals surface area contributed by atoms with Crippen LogP contribution in [0.15, 0.2) is 12.1 Å². The van der Waals surface area contributed by atoms with Crippen LogP contribution in [-0.4, -0.2) is 39.4 Å². The second-order valence-corrected chi connectivity index (χ2v) is 7.43. The minimum atomic E-state index is -0.129. The number of hydrogen-bond acceptors (Lipinski definition) is 4. The monoisotopic (exact) mass is 299 g/mol. The number of pyridine rings is 1. The molecule has 1 fully saturated rings. The van der Waals surface area contributed by atoms with Crippen molar-refractivity contribution in [3.63, 3.8) is 0 Å². The Hall–Kier alpha value is -0.940. The number of hydrogen-bond donors (Lipinski definition) is 1. The van der Waals surface area contributed by atoms with Gasteiger partial charge in [-0.05, 0) is 18.6 Å². The Morgan fingerprint density at radius 2 is 2.21 bits per heavy atom. The van der Waals surface area contributed by atoms with Crippen LogP contribution in [0.5, 0.6) is 0 Å². The Kier molecular flexibility index (Phi) is 4.26. The predicted octanol–water partition coefficient (Wildman–Crippen LogP) is 2.67. The topological polar surface area (TPSA) is 59.2 Å². The molecule has 0 bridgehead atoms. The first-order chi connectivity index (χ1) is 8.89. The molecule has 104 valence electrons. The maximum atomic E-state index is 12.5. The molecule has 0 atom stereocenters. The molecular weight excluding hydrogens is 282 g/mol. The summed E-state index contributed by atoms with van der Waals surface area (Å²) in [6.45, 7) is 5.86. The third kappa shape index (κ3) is 3.54. The van der Waals surface area contributed by atoms with Gasteiger partial charge in [0, 0.05) is 23.6 Å². The average molecular weight is 300 g/mol. The summed E-state index contributed by atoms with van der Waals surface area (Å²) < 4.78 is 0.210. The molecule has 1 aliphatic heterocycles. The molecule has 6 heteroatoms. The Bertz CT molecular complexity index is 493. The molecule has 2 rings (SSSR count). The van der Waals surface area contributed by atoms with E-state index in [0.717, 1.165) is 25.3 Å². The Balaban J connectivity index is 2.17. The SMILES string of the molecule is CC1(C)CCN(C(=O)c2nc(N)ccc2Cl)CCS1. The van der Waals surface area contributed by atoms with Crippen molar-refractivity contribution in [1.29, 1.82) is 0 Å². The van der Waals surface area contributed by atoms with Gasteiger partial charge in [-0.1, -0.05) is 25.4 Å². The molecule has 1 aromatic heterocycles. The first kappa shape index (κ1) is 14.5. The lowest BCUT2D eigenvalue weighted by Crippen LogP contribution is -2.34. The van der Waals surface area contributed by atoms with Crippen LogP contribution in [0, 0.1) is 0 Å². The van der Waals surface area contributed by atoms with Gasteiger partial charge in [-0.15, -0.1) is 0 Å². The molecule has 0 aliphatic carbocycles. The van der Waals surface area contributed by atoms with E-state index in [1.54, 1.807) is 12.1 Å². The largest absolute Gasteiger partial charge is 0.384 e. The minimum Gasteiger partial charge on any atom is -0.384 e. The van der Waals surface area contributed by atoms with Crippen LogP contribution in [0.25, 0.3) is 0 Å². The number of rotatable bonds is 1. The lowest BCUT2D eigenvalue weighted by atomic mass is 10.1. The van der Waals surface area contributed by atoms with E-state index in [4.69, 9.17) is 17.3 Å². The van der Waals surface area contributed by atoms with Gasteiger partial charge in [-0.3, -0.25) is 4.79 Å². The summed E-state index contributed by atoms with van der Waals surface area (Å²) in [7, 11) is 0. The van der Waals surface area contributed by atoms with Crippen molar-refractivity contribution in [1.82, 2.24) is 9.88 Å². The number of aromatic nitrogens is 1. The first-order valence-corrected chi connectivity index (χ1v) is 7.61. The summed E-state index contributed by atoms with van der Waals surface area (Å²) in [5, 5.41) is 0.357. The van der Waals surface area contributed by atoms with Crippen molar-refractivity contribution < 1.29 is 4.79 Å². The van der Waals surface area contributed by atoms with Crippen molar-refractivity contribution in [2.45, 2.75) is 25.0 Å². The van der Waals surface area contributed by atoms with Crippen LogP contribution in [0.4, 0.5) is 5.82 Å². The maximum absolute atomic E-state index is 12.5. The van der Waals surface area contributed by atoms with Gasteiger partial charge in [-0.2, -0.15) is 11.8 Å². The van der Waals surface area contributed by atoms with E-state index in [0.29, 0.717) is 10.8 Å². The standard InChI is InChI=1S/C13H18ClN3OS/c1-13(2)5-6-17(7-8-19-13)12(18)11-9(14)3-4-10(15)16-11/h3-4H,5-8H2,1-2H3,(H2,15,16). The van der Waals surface area contributed by atoms with E-state index in [1.807, 2.05) is 16.7 Å². The van der Waals surface area contributed by atoms with E-state index in [-0.39, 0.29) is 16.3 Å². The molecule has 0 radical (unpaired) electrons. The summed E-state index contributed by atoms with van der Waals surface area (Å²) in [6, 6.07) is 3.22. The summed E-state index contributed by atoms with van der Waals surface area (Å²) in [5.41, 5.74) is 5.88. The van der Waals surface area contributed by atoms with Gasteiger partial charge in [0.25, 0.3) is 5.91 Å². The highest BCUT2D eigenvalue weighted by Gasteiger charge is 2.27.